The Hall–Kier alpha value is -1.35. The van der Waals surface area contributed by atoms with E-state index in [1.165, 1.54) is 11.1 Å². The molecule has 0 saturated carbocycles. The highest BCUT2D eigenvalue weighted by Gasteiger charge is 2.05. The molecular weight excluding hydrogens is 228 g/mol. The Morgan fingerprint density at radius 1 is 1.12 bits per heavy atom. The van der Waals surface area contributed by atoms with Gasteiger partial charge in [-0.15, -0.1) is 11.3 Å². The third kappa shape index (κ3) is 3.07. The first-order valence-corrected chi connectivity index (χ1v) is 6.73. The van der Waals surface area contributed by atoms with Gasteiger partial charge in [-0.3, -0.25) is 0 Å². The number of thiazole rings is 1. The molecule has 0 spiro atoms. The molecule has 2 nitrogen and oxygen atoms in total. The number of nitrogens with one attached hydrogen (secondary N) is 1. The van der Waals surface area contributed by atoms with Crippen LogP contribution in [0.3, 0.4) is 0 Å². The summed E-state index contributed by atoms with van der Waals surface area (Å²) in [5.74, 6) is 0.487. The molecule has 0 radical (unpaired) electrons. The number of aromatic nitrogens is 1. The Labute approximate surface area is 107 Å². The van der Waals surface area contributed by atoms with E-state index in [4.69, 9.17) is 0 Å². The summed E-state index contributed by atoms with van der Waals surface area (Å²) in [6.07, 6.45) is 0. The molecule has 0 aliphatic rings. The number of benzene rings is 1. The van der Waals surface area contributed by atoms with Crippen molar-refractivity contribution in [3.63, 3.8) is 0 Å². The summed E-state index contributed by atoms with van der Waals surface area (Å²) < 4.78 is 0. The monoisotopic (exact) mass is 246 g/mol. The van der Waals surface area contributed by atoms with Gasteiger partial charge in [-0.2, -0.15) is 0 Å². The molecule has 2 aromatic rings. The van der Waals surface area contributed by atoms with E-state index in [0.717, 1.165) is 16.5 Å². The average molecular weight is 246 g/mol. The summed E-state index contributed by atoms with van der Waals surface area (Å²) in [7, 11) is 0. The fourth-order valence-corrected chi connectivity index (χ4v) is 2.67. The van der Waals surface area contributed by atoms with Gasteiger partial charge >= 0.3 is 0 Å². The van der Waals surface area contributed by atoms with Crippen molar-refractivity contribution in [3.05, 3.63) is 40.4 Å². The summed E-state index contributed by atoms with van der Waals surface area (Å²) in [6, 6.07) is 6.46. The van der Waals surface area contributed by atoms with Crippen molar-refractivity contribution >= 4 is 22.2 Å². The number of nitrogens with zero attached hydrogens (tertiary/aromatic N) is 1. The van der Waals surface area contributed by atoms with Crippen molar-refractivity contribution < 1.29 is 0 Å². The average Bonchev–Trinajstić information content (AvgIpc) is 2.64. The maximum absolute atomic E-state index is 4.57. The standard InChI is InChI=1S/C14H18N2S/c1-9(2)13-8-17-14(16-13)15-12-6-10(3)5-11(4)7-12/h5-9H,1-4H3,(H,15,16). The van der Waals surface area contributed by atoms with Crippen molar-refractivity contribution in [2.24, 2.45) is 0 Å². The predicted molar refractivity (Wildman–Crippen MR) is 75.4 cm³/mol. The van der Waals surface area contributed by atoms with Crippen molar-refractivity contribution in [2.75, 3.05) is 5.32 Å². The van der Waals surface area contributed by atoms with Gasteiger partial charge in [0.2, 0.25) is 0 Å². The van der Waals surface area contributed by atoms with Gasteiger partial charge in [0, 0.05) is 11.1 Å². The molecule has 0 saturated heterocycles. The largest absolute Gasteiger partial charge is 0.332 e. The van der Waals surface area contributed by atoms with E-state index in [9.17, 15) is 0 Å². The van der Waals surface area contributed by atoms with Crippen LogP contribution in [0.25, 0.3) is 0 Å². The topological polar surface area (TPSA) is 24.9 Å². The van der Waals surface area contributed by atoms with E-state index in [2.05, 4.69) is 61.6 Å². The van der Waals surface area contributed by atoms with Crippen LogP contribution in [0.2, 0.25) is 0 Å². The molecule has 0 aliphatic carbocycles. The van der Waals surface area contributed by atoms with E-state index >= 15 is 0 Å². The van der Waals surface area contributed by atoms with Crippen LogP contribution >= 0.6 is 11.3 Å². The van der Waals surface area contributed by atoms with Gasteiger partial charge in [-0.25, -0.2) is 4.98 Å². The Morgan fingerprint density at radius 2 is 1.76 bits per heavy atom. The van der Waals surface area contributed by atoms with E-state index in [-0.39, 0.29) is 0 Å². The Kier molecular flexibility index (Phi) is 3.48. The highest BCUT2D eigenvalue weighted by atomic mass is 32.1. The maximum Gasteiger partial charge on any atom is 0.187 e. The fourth-order valence-electron chi connectivity index (χ4n) is 1.78. The molecule has 0 bridgehead atoms. The first-order chi connectivity index (χ1) is 8.04. The molecule has 1 aromatic heterocycles. The van der Waals surface area contributed by atoms with Crippen LogP contribution in [0.1, 0.15) is 36.6 Å². The maximum atomic E-state index is 4.57. The highest BCUT2D eigenvalue weighted by Crippen LogP contribution is 2.25. The minimum atomic E-state index is 0.487. The number of hydrogen-bond acceptors (Lipinski definition) is 3. The zero-order valence-corrected chi connectivity index (χ0v) is 11.6. The second kappa shape index (κ2) is 4.88. The molecule has 0 amide bonds. The normalized spacial score (nSPS) is 10.9. The van der Waals surface area contributed by atoms with Crippen molar-refractivity contribution in [3.8, 4) is 0 Å². The lowest BCUT2D eigenvalue weighted by atomic mass is 10.1. The van der Waals surface area contributed by atoms with E-state index < -0.39 is 0 Å². The van der Waals surface area contributed by atoms with Crippen molar-refractivity contribution in [2.45, 2.75) is 33.6 Å². The molecular formula is C14H18N2S. The zero-order valence-electron chi connectivity index (χ0n) is 10.7. The molecule has 1 N–H and O–H groups in total. The lowest BCUT2D eigenvalue weighted by Crippen LogP contribution is -1.93. The summed E-state index contributed by atoms with van der Waals surface area (Å²) in [5, 5.41) is 6.46. The number of aryl methyl sites for hydroxylation is 2. The molecule has 2 rings (SSSR count). The van der Waals surface area contributed by atoms with Crippen LogP contribution in [-0.4, -0.2) is 4.98 Å². The van der Waals surface area contributed by atoms with Gasteiger partial charge in [0.25, 0.3) is 0 Å². The van der Waals surface area contributed by atoms with Gasteiger partial charge in [0.15, 0.2) is 5.13 Å². The van der Waals surface area contributed by atoms with E-state index in [0.29, 0.717) is 5.92 Å². The van der Waals surface area contributed by atoms with Crippen molar-refractivity contribution in [1.29, 1.82) is 0 Å². The third-order valence-corrected chi connectivity index (χ3v) is 3.36. The van der Waals surface area contributed by atoms with Gasteiger partial charge in [0.05, 0.1) is 5.69 Å². The minimum absolute atomic E-state index is 0.487. The van der Waals surface area contributed by atoms with Crippen LogP contribution in [-0.2, 0) is 0 Å². The lowest BCUT2D eigenvalue weighted by Gasteiger charge is -2.05. The highest BCUT2D eigenvalue weighted by molar-refractivity contribution is 7.13. The third-order valence-electron chi connectivity index (χ3n) is 2.59. The number of hydrogen-bond donors (Lipinski definition) is 1. The summed E-state index contributed by atoms with van der Waals surface area (Å²) >= 11 is 1.66. The van der Waals surface area contributed by atoms with Crippen molar-refractivity contribution in [1.82, 2.24) is 4.98 Å². The molecule has 0 aliphatic heterocycles. The summed E-state index contributed by atoms with van der Waals surface area (Å²) in [6.45, 7) is 8.55. The van der Waals surface area contributed by atoms with Crippen LogP contribution in [0, 0.1) is 13.8 Å². The first kappa shape index (κ1) is 12.1. The lowest BCUT2D eigenvalue weighted by molar-refractivity contribution is 0.834. The Morgan fingerprint density at radius 3 is 2.29 bits per heavy atom. The van der Waals surface area contributed by atoms with Gasteiger partial charge in [-0.05, 0) is 43.0 Å². The molecule has 3 heteroatoms. The van der Waals surface area contributed by atoms with E-state index in [1.54, 1.807) is 11.3 Å². The van der Waals surface area contributed by atoms with Crippen LogP contribution in [0.4, 0.5) is 10.8 Å². The second-order valence-electron chi connectivity index (χ2n) is 4.73. The van der Waals surface area contributed by atoms with Gasteiger partial charge < -0.3 is 5.32 Å². The first-order valence-electron chi connectivity index (χ1n) is 5.85. The molecule has 0 atom stereocenters. The molecule has 1 heterocycles. The SMILES string of the molecule is Cc1cc(C)cc(Nc2nc(C(C)C)cs2)c1. The second-order valence-corrected chi connectivity index (χ2v) is 5.59. The predicted octanol–water partition coefficient (Wildman–Crippen LogP) is 4.63. The Bertz CT molecular complexity index is 494. The fraction of sp³-hybridized carbons (Fsp3) is 0.357. The Balaban J connectivity index is 2.19. The van der Waals surface area contributed by atoms with Gasteiger partial charge in [-0.1, -0.05) is 19.9 Å². The van der Waals surface area contributed by atoms with E-state index in [1.807, 2.05) is 0 Å². The quantitative estimate of drug-likeness (QED) is 0.854. The molecule has 0 unspecified atom stereocenters. The molecule has 90 valence electrons. The summed E-state index contributed by atoms with van der Waals surface area (Å²) in [4.78, 5) is 4.57. The van der Waals surface area contributed by atoms with Gasteiger partial charge in [0.1, 0.15) is 0 Å². The molecule has 0 fully saturated rings. The smallest absolute Gasteiger partial charge is 0.187 e. The molecule has 17 heavy (non-hydrogen) atoms. The minimum Gasteiger partial charge on any atom is -0.332 e. The number of anilines is 2. The summed E-state index contributed by atoms with van der Waals surface area (Å²) in [5.41, 5.74) is 4.82. The number of rotatable bonds is 3. The van der Waals surface area contributed by atoms with Crippen LogP contribution in [0.5, 0.6) is 0 Å². The zero-order chi connectivity index (χ0) is 12.4. The van der Waals surface area contributed by atoms with Crippen LogP contribution in [0.15, 0.2) is 23.6 Å². The molecule has 1 aromatic carbocycles. The van der Waals surface area contributed by atoms with Crippen LogP contribution < -0.4 is 5.32 Å².